The minimum atomic E-state index is -0.628. The van der Waals surface area contributed by atoms with Gasteiger partial charge in [0.2, 0.25) is 0 Å². The standard InChI is InChI=1S/C6H9BrN2/c7-5-1-3-6(8,9)4-2-5/h1-3H,4,8-9H2. The van der Waals surface area contributed by atoms with E-state index in [4.69, 9.17) is 11.5 Å². The molecule has 0 spiro atoms. The summed E-state index contributed by atoms with van der Waals surface area (Å²) in [5.41, 5.74) is 10.5. The second-order valence-corrected chi connectivity index (χ2v) is 3.15. The highest BCUT2D eigenvalue weighted by Gasteiger charge is 2.15. The minimum Gasteiger partial charge on any atom is -0.310 e. The zero-order valence-corrected chi connectivity index (χ0v) is 6.56. The van der Waals surface area contributed by atoms with Gasteiger partial charge in [0.15, 0.2) is 0 Å². The first-order valence-corrected chi connectivity index (χ1v) is 3.52. The largest absolute Gasteiger partial charge is 0.310 e. The Bertz CT molecular complexity index is 170. The lowest BCUT2D eigenvalue weighted by atomic mass is 10.0. The third-order valence-electron chi connectivity index (χ3n) is 1.20. The normalized spacial score (nSPS) is 23.7. The highest BCUT2D eigenvalue weighted by atomic mass is 79.9. The van der Waals surface area contributed by atoms with E-state index in [1.54, 1.807) is 6.08 Å². The number of hydrogen-bond acceptors (Lipinski definition) is 2. The van der Waals surface area contributed by atoms with Crippen LogP contribution in [-0.4, -0.2) is 5.66 Å². The van der Waals surface area contributed by atoms with Crippen molar-refractivity contribution in [3.05, 3.63) is 22.7 Å². The number of rotatable bonds is 0. The maximum absolute atomic E-state index is 5.57. The maximum atomic E-state index is 5.57. The van der Waals surface area contributed by atoms with Crippen LogP contribution in [0.3, 0.4) is 0 Å². The quantitative estimate of drug-likeness (QED) is 0.554. The predicted octanol–water partition coefficient (Wildman–Crippen LogP) is 0.839. The fraction of sp³-hybridized carbons (Fsp3) is 0.333. The molecule has 3 heteroatoms. The smallest absolute Gasteiger partial charge is 0.0867 e. The summed E-state index contributed by atoms with van der Waals surface area (Å²) in [4.78, 5) is 0. The Labute approximate surface area is 62.7 Å². The van der Waals surface area contributed by atoms with Crippen LogP contribution in [0.5, 0.6) is 0 Å². The molecule has 1 rings (SSSR count). The monoisotopic (exact) mass is 188 g/mol. The summed E-state index contributed by atoms with van der Waals surface area (Å²) in [5.74, 6) is 0. The molecular weight excluding hydrogens is 180 g/mol. The Morgan fingerprint density at radius 2 is 2.22 bits per heavy atom. The van der Waals surface area contributed by atoms with Crippen molar-refractivity contribution in [3.63, 3.8) is 0 Å². The van der Waals surface area contributed by atoms with Crippen molar-refractivity contribution >= 4 is 15.9 Å². The predicted molar refractivity (Wildman–Crippen MR) is 41.9 cm³/mol. The van der Waals surface area contributed by atoms with Crippen molar-refractivity contribution < 1.29 is 0 Å². The molecule has 0 aliphatic heterocycles. The van der Waals surface area contributed by atoms with E-state index < -0.39 is 5.66 Å². The maximum Gasteiger partial charge on any atom is 0.0867 e. The summed E-state index contributed by atoms with van der Waals surface area (Å²) < 4.78 is 1.05. The third kappa shape index (κ3) is 1.93. The first-order chi connectivity index (χ1) is 4.10. The Kier molecular flexibility index (Phi) is 1.75. The van der Waals surface area contributed by atoms with Gasteiger partial charge in [0.25, 0.3) is 0 Å². The van der Waals surface area contributed by atoms with Gasteiger partial charge in [-0.1, -0.05) is 22.0 Å². The molecule has 0 fully saturated rings. The summed E-state index contributed by atoms with van der Waals surface area (Å²) in [6.07, 6.45) is 6.31. The van der Waals surface area contributed by atoms with E-state index in [-0.39, 0.29) is 0 Å². The Morgan fingerprint density at radius 3 is 2.56 bits per heavy atom. The van der Waals surface area contributed by atoms with Crippen molar-refractivity contribution in [3.8, 4) is 0 Å². The van der Waals surface area contributed by atoms with Gasteiger partial charge in [-0.3, -0.25) is 0 Å². The SMILES string of the molecule is NC1(N)C=CC(Br)=CC1. The third-order valence-corrected chi connectivity index (χ3v) is 1.79. The van der Waals surface area contributed by atoms with Gasteiger partial charge in [-0.2, -0.15) is 0 Å². The summed E-state index contributed by atoms with van der Waals surface area (Å²) in [6, 6.07) is 0. The van der Waals surface area contributed by atoms with Gasteiger partial charge in [0.05, 0.1) is 5.66 Å². The number of halogens is 1. The number of nitrogens with two attached hydrogens (primary N) is 2. The molecule has 0 aromatic heterocycles. The molecule has 0 heterocycles. The first kappa shape index (κ1) is 6.99. The Hall–Kier alpha value is -0.120. The van der Waals surface area contributed by atoms with Crippen molar-refractivity contribution in [1.29, 1.82) is 0 Å². The van der Waals surface area contributed by atoms with E-state index in [1.807, 2.05) is 12.2 Å². The zero-order valence-electron chi connectivity index (χ0n) is 4.97. The fourth-order valence-corrected chi connectivity index (χ4v) is 0.939. The van der Waals surface area contributed by atoms with E-state index in [0.29, 0.717) is 6.42 Å². The fourth-order valence-electron chi connectivity index (χ4n) is 0.645. The van der Waals surface area contributed by atoms with Crippen LogP contribution in [-0.2, 0) is 0 Å². The van der Waals surface area contributed by atoms with E-state index in [1.165, 1.54) is 0 Å². The lowest BCUT2D eigenvalue weighted by Gasteiger charge is -2.20. The van der Waals surface area contributed by atoms with E-state index >= 15 is 0 Å². The molecule has 0 amide bonds. The topological polar surface area (TPSA) is 52.0 Å². The highest BCUT2D eigenvalue weighted by molar-refractivity contribution is 9.11. The second kappa shape index (κ2) is 2.25. The van der Waals surface area contributed by atoms with Gasteiger partial charge in [-0.25, -0.2) is 0 Å². The van der Waals surface area contributed by atoms with Crippen LogP contribution in [0.1, 0.15) is 6.42 Å². The zero-order chi connectivity index (χ0) is 6.91. The van der Waals surface area contributed by atoms with Crippen LogP contribution < -0.4 is 11.5 Å². The van der Waals surface area contributed by atoms with Crippen molar-refractivity contribution in [2.45, 2.75) is 12.1 Å². The Morgan fingerprint density at radius 1 is 1.56 bits per heavy atom. The summed E-state index contributed by atoms with van der Waals surface area (Å²) >= 11 is 3.30. The first-order valence-electron chi connectivity index (χ1n) is 2.73. The average Bonchev–Trinajstić information content (AvgIpc) is 1.78. The minimum absolute atomic E-state index is 0.628. The van der Waals surface area contributed by atoms with Crippen LogP contribution >= 0.6 is 15.9 Å². The molecule has 0 unspecified atom stereocenters. The van der Waals surface area contributed by atoms with Crippen LogP contribution in [0.25, 0.3) is 0 Å². The van der Waals surface area contributed by atoms with Crippen LogP contribution in [0.4, 0.5) is 0 Å². The van der Waals surface area contributed by atoms with Crippen LogP contribution in [0, 0.1) is 0 Å². The van der Waals surface area contributed by atoms with Crippen LogP contribution in [0.15, 0.2) is 22.7 Å². The molecule has 0 saturated carbocycles. The molecule has 2 nitrogen and oxygen atoms in total. The molecule has 0 radical (unpaired) electrons. The van der Waals surface area contributed by atoms with Crippen molar-refractivity contribution in [1.82, 2.24) is 0 Å². The lowest BCUT2D eigenvalue weighted by Crippen LogP contribution is -2.47. The molecule has 0 aromatic carbocycles. The molecule has 1 aliphatic rings. The van der Waals surface area contributed by atoms with Gasteiger partial charge in [0, 0.05) is 10.9 Å². The van der Waals surface area contributed by atoms with Gasteiger partial charge in [-0.05, 0) is 12.2 Å². The number of hydrogen-bond donors (Lipinski definition) is 2. The molecule has 9 heavy (non-hydrogen) atoms. The molecule has 0 saturated heterocycles. The van der Waals surface area contributed by atoms with Crippen molar-refractivity contribution in [2.24, 2.45) is 11.5 Å². The average molecular weight is 189 g/mol. The second-order valence-electron chi connectivity index (χ2n) is 2.24. The molecule has 50 valence electrons. The number of allylic oxidation sites excluding steroid dienone is 2. The van der Waals surface area contributed by atoms with Gasteiger partial charge >= 0.3 is 0 Å². The molecule has 0 bridgehead atoms. The highest BCUT2D eigenvalue weighted by Crippen LogP contribution is 2.17. The van der Waals surface area contributed by atoms with Gasteiger partial charge in [0.1, 0.15) is 0 Å². The molecule has 4 N–H and O–H groups in total. The summed E-state index contributed by atoms with van der Waals surface area (Å²) in [6.45, 7) is 0. The molecule has 0 atom stereocenters. The summed E-state index contributed by atoms with van der Waals surface area (Å²) in [5, 5.41) is 0. The van der Waals surface area contributed by atoms with E-state index in [2.05, 4.69) is 15.9 Å². The van der Waals surface area contributed by atoms with E-state index in [9.17, 15) is 0 Å². The molecular formula is C6H9BrN2. The van der Waals surface area contributed by atoms with Crippen LogP contribution in [0.2, 0.25) is 0 Å². The Balaban J connectivity index is 2.70. The summed E-state index contributed by atoms with van der Waals surface area (Å²) in [7, 11) is 0. The van der Waals surface area contributed by atoms with E-state index in [0.717, 1.165) is 4.48 Å². The molecule has 1 aliphatic carbocycles. The van der Waals surface area contributed by atoms with Crippen molar-refractivity contribution in [2.75, 3.05) is 0 Å². The molecule has 0 aromatic rings. The van der Waals surface area contributed by atoms with Gasteiger partial charge in [-0.15, -0.1) is 0 Å². The lowest BCUT2D eigenvalue weighted by molar-refractivity contribution is 0.557. The van der Waals surface area contributed by atoms with Gasteiger partial charge < -0.3 is 11.5 Å².